The van der Waals surface area contributed by atoms with Crippen LogP contribution in [0.2, 0.25) is 5.02 Å². The van der Waals surface area contributed by atoms with E-state index < -0.39 is 44.2 Å². The monoisotopic (exact) mass is 454 g/mol. The zero-order valence-corrected chi connectivity index (χ0v) is 17.9. The number of hydrogen-bond donors (Lipinski definition) is 0. The van der Waals surface area contributed by atoms with E-state index in [1.165, 1.54) is 42.5 Å². The number of ether oxygens (including phenoxy) is 2. The lowest BCUT2D eigenvalue weighted by atomic mass is 9.99. The summed E-state index contributed by atoms with van der Waals surface area (Å²) in [6.45, 7) is 2.95. The predicted molar refractivity (Wildman–Crippen MR) is 107 cm³/mol. The van der Waals surface area contributed by atoms with Crippen LogP contribution < -0.4 is 0 Å². The fraction of sp³-hybridized carbons (Fsp3) is 0.333. The van der Waals surface area contributed by atoms with Crippen LogP contribution in [0.5, 0.6) is 0 Å². The van der Waals surface area contributed by atoms with E-state index in [0.717, 1.165) is 6.07 Å². The minimum absolute atomic E-state index is 0.0659. The average Bonchev–Trinajstić information content (AvgIpc) is 3.41. The fourth-order valence-electron chi connectivity index (χ4n) is 3.76. The SMILES string of the molecule is CCOC(=O)C1(C(=O)OCC)[C@@H](c2cccc(F)c2)[C@@H]1S(=O)(=O)c1ccc(Cl)cc1. The van der Waals surface area contributed by atoms with Crippen molar-refractivity contribution in [3.05, 3.63) is 64.9 Å². The van der Waals surface area contributed by atoms with Crippen LogP contribution in [0.4, 0.5) is 4.39 Å². The molecule has 0 spiro atoms. The minimum atomic E-state index is -4.21. The Bertz CT molecular complexity index is 1050. The number of halogens is 2. The Morgan fingerprint density at radius 1 is 1.03 bits per heavy atom. The molecular weight excluding hydrogens is 435 g/mol. The van der Waals surface area contributed by atoms with Crippen molar-refractivity contribution in [3.8, 4) is 0 Å². The first-order chi connectivity index (χ1) is 14.2. The molecule has 3 rings (SSSR count). The van der Waals surface area contributed by atoms with E-state index in [4.69, 9.17) is 21.1 Å². The molecule has 2 aromatic carbocycles. The Kier molecular flexibility index (Phi) is 6.19. The molecule has 0 saturated heterocycles. The molecule has 160 valence electrons. The van der Waals surface area contributed by atoms with Gasteiger partial charge in [-0.2, -0.15) is 0 Å². The van der Waals surface area contributed by atoms with Crippen LogP contribution in [0.15, 0.2) is 53.4 Å². The van der Waals surface area contributed by atoms with Crippen molar-refractivity contribution in [1.82, 2.24) is 0 Å². The van der Waals surface area contributed by atoms with Gasteiger partial charge in [-0.15, -0.1) is 0 Å². The highest BCUT2D eigenvalue weighted by Crippen LogP contribution is 2.65. The summed E-state index contributed by atoms with van der Waals surface area (Å²) < 4.78 is 51.0. The van der Waals surface area contributed by atoms with Gasteiger partial charge >= 0.3 is 11.9 Å². The van der Waals surface area contributed by atoms with E-state index in [-0.39, 0.29) is 23.7 Å². The molecule has 0 amide bonds. The van der Waals surface area contributed by atoms with Crippen molar-refractivity contribution >= 4 is 33.4 Å². The molecule has 0 radical (unpaired) electrons. The average molecular weight is 455 g/mol. The smallest absolute Gasteiger partial charge is 0.325 e. The van der Waals surface area contributed by atoms with E-state index in [2.05, 4.69) is 0 Å². The molecule has 0 unspecified atom stereocenters. The lowest BCUT2D eigenvalue weighted by Gasteiger charge is -2.15. The van der Waals surface area contributed by atoms with Gasteiger partial charge in [0.1, 0.15) is 11.1 Å². The van der Waals surface area contributed by atoms with Crippen LogP contribution in [0, 0.1) is 11.2 Å². The summed E-state index contributed by atoms with van der Waals surface area (Å²) in [5, 5.41) is -1.18. The van der Waals surface area contributed by atoms with Gasteiger partial charge in [-0.3, -0.25) is 9.59 Å². The third-order valence-electron chi connectivity index (χ3n) is 5.04. The summed E-state index contributed by atoms with van der Waals surface area (Å²) in [6, 6.07) is 10.5. The van der Waals surface area contributed by atoms with Gasteiger partial charge in [0, 0.05) is 10.9 Å². The Morgan fingerprint density at radius 3 is 2.10 bits per heavy atom. The molecule has 0 aliphatic heterocycles. The van der Waals surface area contributed by atoms with Crippen molar-refractivity contribution in [2.24, 2.45) is 5.41 Å². The minimum Gasteiger partial charge on any atom is -0.465 e. The second-order valence-electron chi connectivity index (χ2n) is 6.76. The Morgan fingerprint density at radius 2 is 1.60 bits per heavy atom. The van der Waals surface area contributed by atoms with Gasteiger partial charge in [-0.1, -0.05) is 23.7 Å². The van der Waals surface area contributed by atoms with Gasteiger partial charge in [0.25, 0.3) is 0 Å². The number of carbonyl (C=O) groups excluding carboxylic acids is 2. The Hall–Kier alpha value is -2.45. The largest absolute Gasteiger partial charge is 0.465 e. The van der Waals surface area contributed by atoms with E-state index in [1.807, 2.05) is 0 Å². The van der Waals surface area contributed by atoms with Gasteiger partial charge in [0.05, 0.1) is 18.1 Å². The van der Waals surface area contributed by atoms with E-state index >= 15 is 0 Å². The lowest BCUT2D eigenvalue weighted by molar-refractivity contribution is -0.164. The highest BCUT2D eigenvalue weighted by atomic mass is 35.5. The molecule has 1 fully saturated rings. The van der Waals surface area contributed by atoms with Crippen molar-refractivity contribution < 1.29 is 31.9 Å². The first kappa shape index (κ1) is 22.2. The molecule has 6 nitrogen and oxygen atoms in total. The molecule has 2 atom stereocenters. The van der Waals surface area contributed by atoms with E-state index in [9.17, 15) is 22.4 Å². The summed E-state index contributed by atoms with van der Waals surface area (Å²) in [4.78, 5) is 25.8. The second kappa shape index (κ2) is 8.35. The Balaban J connectivity index is 2.21. The highest BCUT2D eigenvalue weighted by Gasteiger charge is 2.81. The summed E-state index contributed by atoms with van der Waals surface area (Å²) in [5.41, 5.74) is -1.93. The molecule has 1 aliphatic carbocycles. The molecule has 1 saturated carbocycles. The second-order valence-corrected chi connectivity index (χ2v) is 9.27. The van der Waals surface area contributed by atoms with Gasteiger partial charge in [-0.05, 0) is 55.8 Å². The van der Waals surface area contributed by atoms with Crippen molar-refractivity contribution in [3.63, 3.8) is 0 Å². The predicted octanol–water partition coefficient (Wildman–Crippen LogP) is 3.53. The van der Waals surface area contributed by atoms with Crippen LogP contribution in [-0.2, 0) is 28.9 Å². The third-order valence-corrected chi connectivity index (χ3v) is 7.54. The molecule has 0 N–H and O–H groups in total. The van der Waals surface area contributed by atoms with Gasteiger partial charge < -0.3 is 9.47 Å². The fourth-order valence-corrected chi connectivity index (χ4v) is 6.17. The van der Waals surface area contributed by atoms with Gasteiger partial charge in [-0.25, -0.2) is 12.8 Å². The van der Waals surface area contributed by atoms with E-state index in [0.29, 0.717) is 5.02 Å². The highest BCUT2D eigenvalue weighted by molar-refractivity contribution is 7.92. The molecule has 9 heteroatoms. The number of rotatable bonds is 7. The maximum absolute atomic E-state index is 13.9. The molecule has 30 heavy (non-hydrogen) atoms. The van der Waals surface area contributed by atoms with Crippen molar-refractivity contribution in [2.75, 3.05) is 13.2 Å². The lowest BCUT2D eigenvalue weighted by Crippen LogP contribution is -2.35. The van der Waals surface area contributed by atoms with Crippen LogP contribution in [0.1, 0.15) is 25.3 Å². The van der Waals surface area contributed by atoms with Crippen LogP contribution in [0.25, 0.3) is 0 Å². The number of sulfone groups is 1. The van der Waals surface area contributed by atoms with Crippen LogP contribution in [-0.4, -0.2) is 38.8 Å². The van der Waals surface area contributed by atoms with Crippen LogP contribution >= 0.6 is 11.6 Å². The Labute approximate surface area is 178 Å². The van der Waals surface area contributed by atoms with Crippen LogP contribution in [0.3, 0.4) is 0 Å². The van der Waals surface area contributed by atoms with Crippen molar-refractivity contribution in [2.45, 2.75) is 29.9 Å². The molecule has 1 aliphatic rings. The molecule has 0 heterocycles. The quantitative estimate of drug-likeness (QED) is 0.470. The standard InChI is InChI=1S/C21H20ClFO6S/c1-3-28-19(24)21(20(25)29-4-2)17(13-6-5-7-15(23)12-13)18(21)30(26,27)16-10-8-14(22)9-11-16/h5-12,17-18H,3-4H2,1-2H3/t17-,18-/m0/s1. The third kappa shape index (κ3) is 3.58. The number of esters is 2. The maximum Gasteiger partial charge on any atom is 0.325 e. The zero-order chi connectivity index (χ0) is 22.1. The molecule has 2 aromatic rings. The number of benzene rings is 2. The topological polar surface area (TPSA) is 86.7 Å². The first-order valence-corrected chi connectivity index (χ1v) is 11.2. The van der Waals surface area contributed by atoms with E-state index in [1.54, 1.807) is 13.8 Å². The van der Waals surface area contributed by atoms with Gasteiger partial charge in [0.2, 0.25) is 0 Å². The maximum atomic E-state index is 13.9. The number of hydrogen-bond acceptors (Lipinski definition) is 6. The first-order valence-electron chi connectivity index (χ1n) is 9.30. The summed E-state index contributed by atoms with van der Waals surface area (Å²) in [6.07, 6.45) is 0. The normalized spacial score (nSPS) is 19.7. The summed E-state index contributed by atoms with van der Waals surface area (Å²) in [7, 11) is -4.21. The molecule has 0 bridgehead atoms. The number of carbonyl (C=O) groups is 2. The van der Waals surface area contributed by atoms with Crippen molar-refractivity contribution in [1.29, 1.82) is 0 Å². The molecular formula is C21H20ClFO6S. The molecule has 0 aromatic heterocycles. The summed E-state index contributed by atoms with van der Waals surface area (Å²) in [5.74, 6) is -3.81. The van der Waals surface area contributed by atoms with Gasteiger partial charge in [0.15, 0.2) is 15.3 Å². The summed E-state index contributed by atoms with van der Waals surface area (Å²) >= 11 is 5.85. The zero-order valence-electron chi connectivity index (χ0n) is 16.3.